The Balaban J connectivity index is 0. The van der Waals surface area contributed by atoms with Crippen LogP contribution in [0.3, 0.4) is 0 Å². The third-order valence-corrected chi connectivity index (χ3v) is 2.36. The summed E-state index contributed by atoms with van der Waals surface area (Å²) in [6.07, 6.45) is -1.83. The molecule has 0 heterocycles. The summed E-state index contributed by atoms with van der Waals surface area (Å²) in [5.41, 5.74) is 0. The molecule has 0 saturated carbocycles. The van der Waals surface area contributed by atoms with Gasteiger partial charge in [-0.25, -0.2) is 4.79 Å². The molecule has 0 radical (unpaired) electrons. The number of hydrogen-bond donors (Lipinski definition) is 2. The highest BCUT2D eigenvalue weighted by Gasteiger charge is 2.14. The first-order valence-corrected chi connectivity index (χ1v) is 4.66. The van der Waals surface area contributed by atoms with Crippen molar-refractivity contribution in [3.63, 3.8) is 0 Å². The van der Waals surface area contributed by atoms with Gasteiger partial charge in [0, 0.05) is 7.11 Å². The first-order chi connectivity index (χ1) is 6.41. The van der Waals surface area contributed by atoms with Gasteiger partial charge in [0.25, 0.3) is 0 Å². The molecule has 0 atom stereocenters. The van der Waals surface area contributed by atoms with E-state index in [1.807, 2.05) is 0 Å². The van der Waals surface area contributed by atoms with Gasteiger partial charge in [-0.05, 0) is 13.8 Å². The second kappa shape index (κ2) is 8.77. The van der Waals surface area contributed by atoms with Gasteiger partial charge in [-0.1, -0.05) is 0 Å². The molecule has 5 nitrogen and oxygen atoms in total. The SMILES string of the molecule is CC[N+](C)(CC)CCOC.O=C(O)O. The summed E-state index contributed by atoms with van der Waals surface area (Å²) in [4.78, 5) is 8.56. The zero-order valence-electron chi connectivity index (χ0n) is 9.49. The Kier molecular flexibility index (Phi) is 9.81. The predicted octanol–water partition coefficient (Wildman–Crippen LogP) is 1.34. The number of carboxylic acid groups (broad SMARTS) is 2. The molecule has 2 N–H and O–H groups in total. The lowest BCUT2D eigenvalue weighted by Gasteiger charge is -2.31. The van der Waals surface area contributed by atoms with Crippen LogP contribution < -0.4 is 0 Å². The number of ether oxygens (including phenoxy) is 1. The van der Waals surface area contributed by atoms with Gasteiger partial charge >= 0.3 is 6.16 Å². The highest BCUT2D eigenvalue weighted by Crippen LogP contribution is 1.99. The average Bonchev–Trinajstić information content (AvgIpc) is 2.13. The zero-order chi connectivity index (χ0) is 11.6. The Morgan fingerprint density at radius 2 is 1.64 bits per heavy atom. The zero-order valence-corrected chi connectivity index (χ0v) is 9.49. The van der Waals surface area contributed by atoms with Crippen molar-refractivity contribution in [2.75, 3.05) is 40.4 Å². The topological polar surface area (TPSA) is 66.8 Å². The quantitative estimate of drug-likeness (QED) is 0.669. The van der Waals surface area contributed by atoms with Crippen LogP contribution in [0, 0.1) is 0 Å². The van der Waals surface area contributed by atoms with E-state index in [0.29, 0.717) is 0 Å². The molecule has 0 amide bonds. The largest absolute Gasteiger partial charge is 0.503 e. The molecule has 0 saturated heterocycles. The molecule has 0 aliphatic heterocycles. The monoisotopic (exact) mass is 208 g/mol. The summed E-state index contributed by atoms with van der Waals surface area (Å²) >= 11 is 0. The summed E-state index contributed by atoms with van der Waals surface area (Å²) in [6.45, 7) is 8.83. The van der Waals surface area contributed by atoms with Crippen molar-refractivity contribution in [2.45, 2.75) is 13.8 Å². The van der Waals surface area contributed by atoms with Crippen molar-refractivity contribution >= 4 is 6.16 Å². The molecule has 86 valence electrons. The number of likely N-dealkylation sites (N-methyl/N-ethyl adjacent to an activating group) is 1. The number of quaternary nitrogens is 1. The Hall–Kier alpha value is -0.810. The summed E-state index contributed by atoms with van der Waals surface area (Å²) in [6, 6.07) is 0. The van der Waals surface area contributed by atoms with Crippen LogP contribution in [0.2, 0.25) is 0 Å². The maximum Gasteiger partial charge on any atom is 0.503 e. The van der Waals surface area contributed by atoms with Gasteiger partial charge in [-0.2, -0.15) is 0 Å². The highest BCUT2D eigenvalue weighted by atomic mass is 16.6. The number of methoxy groups -OCH3 is 1. The van der Waals surface area contributed by atoms with E-state index in [4.69, 9.17) is 19.7 Å². The maximum absolute atomic E-state index is 8.56. The lowest BCUT2D eigenvalue weighted by atomic mass is 10.4. The van der Waals surface area contributed by atoms with Gasteiger partial charge in [-0.15, -0.1) is 0 Å². The first-order valence-electron chi connectivity index (χ1n) is 4.66. The minimum atomic E-state index is -1.83. The fraction of sp³-hybridized carbons (Fsp3) is 0.889. The van der Waals surface area contributed by atoms with Gasteiger partial charge in [0.1, 0.15) is 6.54 Å². The van der Waals surface area contributed by atoms with Crippen molar-refractivity contribution < 1.29 is 24.2 Å². The summed E-state index contributed by atoms with van der Waals surface area (Å²) in [5.74, 6) is 0. The Morgan fingerprint density at radius 3 is 1.86 bits per heavy atom. The Bertz CT molecular complexity index is 142. The van der Waals surface area contributed by atoms with Crippen molar-refractivity contribution in [1.82, 2.24) is 0 Å². The molecule has 0 bridgehead atoms. The third-order valence-electron chi connectivity index (χ3n) is 2.36. The van der Waals surface area contributed by atoms with Crippen LogP contribution in [0.1, 0.15) is 13.8 Å². The van der Waals surface area contributed by atoms with E-state index in [-0.39, 0.29) is 0 Å². The van der Waals surface area contributed by atoms with E-state index in [1.54, 1.807) is 7.11 Å². The van der Waals surface area contributed by atoms with Crippen LogP contribution in [-0.2, 0) is 4.74 Å². The van der Waals surface area contributed by atoms with Crippen LogP contribution in [0.4, 0.5) is 4.79 Å². The molecule has 5 heteroatoms. The van der Waals surface area contributed by atoms with Gasteiger partial charge in [0.15, 0.2) is 0 Å². The van der Waals surface area contributed by atoms with Crippen LogP contribution in [0.25, 0.3) is 0 Å². The molecule has 0 spiro atoms. The normalized spacial score (nSPS) is 10.3. The van der Waals surface area contributed by atoms with Crippen molar-refractivity contribution in [1.29, 1.82) is 0 Å². The minimum Gasteiger partial charge on any atom is -0.450 e. The van der Waals surface area contributed by atoms with Crippen LogP contribution in [0.15, 0.2) is 0 Å². The highest BCUT2D eigenvalue weighted by molar-refractivity contribution is 5.53. The Morgan fingerprint density at radius 1 is 1.29 bits per heavy atom. The van der Waals surface area contributed by atoms with Crippen LogP contribution >= 0.6 is 0 Å². The fourth-order valence-electron chi connectivity index (χ4n) is 0.852. The van der Waals surface area contributed by atoms with E-state index in [0.717, 1.165) is 17.6 Å². The molecule has 0 aliphatic carbocycles. The van der Waals surface area contributed by atoms with E-state index >= 15 is 0 Å². The lowest BCUT2D eigenvalue weighted by Crippen LogP contribution is -2.45. The third kappa shape index (κ3) is 11.2. The van der Waals surface area contributed by atoms with E-state index in [1.165, 1.54) is 13.1 Å². The number of hydrogen-bond acceptors (Lipinski definition) is 2. The number of nitrogens with zero attached hydrogens (tertiary/aromatic N) is 1. The Labute approximate surface area is 85.5 Å². The molecule has 0 rings (SSSR count). The second-order valence-electron chi connectivity index (χ2n) is 3.25. The molecule has 0 aromatic carbocycles. The minimum absolute atomic E-state index is 0.873. The van der Waals surface area contributed by atoms with E-state index in [9.17, 15) is 0 Å². The second-order valence-corrected chi connectivity index (χ2v) is 3.25. The lowest BCUT2D eigenvalue weighted by molar-refractivity contribution is -0.906. The first kappa shape index (κ1) is 15.7. The number of rotatable bonds is 5. The molecule has 0 unspecified atom stereocenters. The molecule has 0 aromatic rings. The van der Waals surface area contributed by atoms with Gasteiger partial charge in [0.2, 0.25) is 0 Å². The fourth-order valence-corrected chi connectivity index (χ4v) is 0.852. The standard InChI is InChI=1S/C8H20NO.CH2O3/c1-5-9(3,6-2)7-8-10-4;2-1(3)4/h5-8H2,1-4H3;(H2,2,3,4)/q+1;. The van der Waals surface area contributed by atoms with Gasteiger partial charge in [-0.3, -0.25) is 0 Å². The van der Waals surface area contributed by atoms with Crippen LogP contribution in [-0.4, -0.2) is 61.3 Å². The van der Waals surface area contributed by atoms with Crippen LogP contribution in [0.5, 0.6) is 0 Å². The summed E-state index contributed by atoms with van der Waals surface area (Å²) < 4.78 is 6.14. The molecule has 14 heavy (non-hydrogen) atoms. The molecule has 0 fully saturated rings. The molecular weight excluding hydrogens is 186 g/mol. The molecule has 0 aliphatic rings. The van der Waals surface area contributed by atoms with Gasteiger partial charge < -0.3 is 19.4 Å². The summed E-state index contributed by atoms with van der Waals surface area (Å²) in [5, 5.41) is 13.9. The number of carbonyl (C=O) groups is 1. The molecule has 0 aromatic heterocycles. The maximum atomic E-state index is 8.56. The summed E-state index contributed by atoms with van der Waals surface area (Å²) in [7, 11) is 4.02. The average molecular weight is 208 g/mol. The predicted molar refractivity (Wildman–Crippen MR) is 54.7 cm³/mol. The molecular formula is C9H22NO4+. The van der Waals surface area contributed by atoms with E-state index < -0.39 is 6.16 Å². The van der Waals surface area contributed by atoms with E-state index in [2.05, 4.69) is 20.9 Å². The van der Waals surface area contributed by atoms with Crippen molar-refractivity contribution in [2.24, 2.45) is 0 Å². The van der Waals surface area contributed by atoms with Crippen molar-refractivity contribution in [3.05, 3.63) is 0 Å². The van der Waals surface area contributed by atoms with Crippen molar-refractivity contribution in [3.8, 4) is 0 Å². The smallest absolute Gasteiger partial charge is 0.450 e. The van der Waals surface area contributed by atoms with Gasteiger partial charge in [0.05, 0.1) is 26.7 Å².